The fourth-order valence-corrected chi connectivity index (χ4v) is 5.27. The summed E-state index contributed by atoms with van der Waals surface area (Å²) in [5.74, 6) is -0.519. The summed E-state index contributed by atoms with van der Waals surface area (Å²) in [5.41, 5.74) is 4.66. The Hall–Kier alpha value is -4.50. The SMILES string of the molecule is COC(=O)c1ccccc1-n1cccc1[C@H]1[C@H](c2ccccn2)NC(=S)N1CCC(=O)Nc1ccccc1C. The van der Waals surface area contributed by atoms with E-state index in [0.29, 0.717) is 22.9 Å². The molecule has 0 aliphatic carbocycles. The molecule has 0 saturated carbocycles. The minimum Gasteiger partial charge on any atom is -0.465 e. The Morgan fingerprint density at radius 1 is 1.03 bits per heavy atom. The van der Waals surface area contributed by atoms with Gasteiger partial charge in [0.15, 0.2) is 5.11 Å². The highest BCUT2D eigenvalue weighted by molar-refractivity contribution is 7.80. The molecular weight excluding hydrogens is 510 g/mol. The Morgan fingerprint density at radius 3 is 2.56 bits per heavy atom. The molecule has 2 aromatic heterocycles. The smallest absolute Gasteiger partial charge is 0.339 e. The molecule has 3 heterocycles. The van der Waals surface area contributed by atoms with Gasteiger partial charge < -0.3 is 24.8 Å². The highest BCUT2D eigenvalue weighted by atomic mass is 32.1. The zero-order valence-electron chi connectivity index (χ0n) is 21.7. The summed E-state index contributed by atoms with van der Waals surface area (Å²) in [6.45, 7) is 2.35. The van der Waals surface area contributed by atoms with Gasteiger partial charge in [-0.05, 0) is 67.2 Å². The average Bonchev–Trinajstić information content (AvgIpc) is 3.57. The highest BCUT2D eigenvalue weighted by Gasteiger charge is 2.41. The molecule has 2 aromatic carbocycles. The number of rotatable bonds is 8. The monoisotopic (exact) mass is 539 g/mol. The second kappa shape index (κ2) is 11.5. The Kier molecular flexibility index (Phi) is 7.69. The fourth-order valence-electron chi connectivity index (χ4n) is 4.94. The lowest BCUT2D eigenvalue weighted by molar-refractivity contribution is -0.116. The molecule has 2 N–H and O–H groups in total. The zero-order chi connectivity index (χ0) is 27.4. The van der Waals surface area contributed by atoms with Crippen LogP contribution in [0.25, 0.3) is 5.69 Å². The Morgan fingerprint density at radius 2 is 1.79 bits per heavy atom. The van der Waals surface area contributed by atoms with Crippen molar-refractivity contribution < 1.29 is 14.3 Å². The van der Waals surface area contributed by atoms with Crippen LogP contribution in [0.1, 0.15) is 45.8 Å². The Labute approximate surface area is 232 Å². The van der Waals surface area contributed by atoms with Gasteiger partial charge in [0.1, 0.15) is 0 Å². The number of esters is 1. The standard InChI is InChI=1S/C30H29N5O3S/c1-20-10-3-5-12-22(20)32-26(36)16-19-35-28(27(33-30(35)39)23-13-7-8-17-31-23)25-15-9-18-34(25)24-14-6-4-11-21(24)29(37)38-2/h3-15,17-18,27-28H,16,19H2,1-2H3,(H,32,36)(H,33,39)/t27-,28-/m0/s1. The number of amides is 1. The van der Waals surface area contributed by atoms with Crippen LogP contribution in [0.3, 0.4) is 0 Å². The van der Waals surface area contributed by atoms with E-state index in [0.717, 1.165) is 22.6 Å². The lowest BCUT2D eigenvalue weighted by atomic mass is 10.0. The number of carbonyl (C=O) groups excluding carboxylic acids is 2. The van der Waals surface area contributed by atoms with E-state index in [1.807, 2.05) is 89.3 Å². The predicted octanol–water partition coefficient (Wildman–Crippen LogP) is 4.97. The number of hydrogen-bond donors (Lipinski definition) is 2. The fraction of sp³-hybridized carbons (Fsp3) is 0.200. The number of nitrogens with zero attached hydrogens (tertiary/aromatic N) is 3. The maximum atomic E-state index is 12.9. The first kappa shape index (κ1) is 26.1. The van der Waals surface area contributed by atoms with Gasteiger partial charge in [0.25, 0.3) is 0 Å². The van der Waals surface area contributed by atoms with Crippen molar-refractivity contribution >= 4 is 34.9 Å². The number of methoxy groups -OCH3 is 1. The predicted molar refractivity (Wildman–Crippen MR) is 154 cm³/mol. The summed E-state index contributed by atoms with van der Waals surface area (Å²) in [6, 6.07) is 24.1. The summed E-state index contributed by atoms with van der Waals surface area (Å²) in [5, 5.41) is 6.97. The van der Waals surface area contributed by atoms with Gasteiger partial charge in [-0.1, -0.05) is 36.4 Å². The van der Waals surface area contributed by atoms with Crippen LogP contribution in [0.15, 0.2) is 91.3 Å². The van der Waals surface area contributed by atoms with Gasteiger partial charge >= 0.3 is 5.97 Å². The molecule has 1 fully saturated rings. The van der Waals surface area contributed by atoms with Gasteiger partial charge in [0.2, 0.25) is 5.91 Å². The van der Waals surface area contributed by atoms with Crippen LogP contribution < -0.4 is 10.6 Å². The van der Waals surface area contributed by atoms with Crippen molar-refractivity contribution in [1.29, 1.82) is 0 Å². The van der Waals surface area contributed by atoms with Crippen molar-refractivity contribution in [3.8, 4) is 5.69 Å². The maximum absolute atomic E-state index is 12.9. The van der Waals surface area contributed by atoms with Crippen LogP contribution in [0, 0.1) is 6.92 Å². The number of benzene rings is 2. The van der Waals surface area contributed by atoms with Gasteiger partial charge in [0, 0.05) is 36.7 Å². The molecule has 39 heavy (non-hydrogen) atoms. The lowest BCUT2D eigenvalue weighted by Gasteiger charge is -2.29. The number of hydrogen-bond acceptors (Lipinski definition) is 5. The van der Waals surface area contributed by atoms with Crippen molar-refractivity contribution in [2.24, 2.45) is 0 Å². The van der Waals surface area contributed by atoms with Crippen LogP contribution in [0.4, 0.5) is 5.69 Å². The molecule has 1 aliphatic heterocycles. The third kappa shape index (κ3) is 5.39. The van der Waals surface area contributed by atoms with E-state index in [9.17, 15) is 9.59 Å². The number of para-hydroxylation sites is 2. The first-order chi connectivity index (χ1) is 19.0. The summed E-state index contributed by atoms with van der Waals surface area (Å²) >= 11 is 5.79. The van der Waals surface area contributed by atoms with Crippen LogP contribution in [0.5, 0.6) is 0 Å². The van der Waals surface area contributed by atoms with Crippen molar-refractivity contribution in [2.45, 2.75) is 25.4 Å². The zero-order valence-corrected chi connectivity index (χ0v) is 22.5. The molecule has 9 heteroatoms. The van der Waals surface area contributed by atoms with Gasteiger partial charge in [-0.25, -0.2) is 4.79 Å². The summed E-state index contributed by atoms with van der Waals surface area (Å²) in [4.78, 5) is 32.2. The molecule has 8 nitrogen and oxygen atoms in total. The largest absolute Gasteiger partial charge is 0.465 e. The molecular formula is C30H29N5O3S. The Balaban J connectivity index is 1.49. The van der Waals surface area contributed by atoms with E-state index in [2.05, 4.69) is 15.6 Å². The Bertz CT molecular complexity index is 1500. The van der Waals surface area contributed by atoms with Gasteiger partial charge in [-0.2, -0.15) is 0 Å². The molecule has 4 aromatic rings. The number of nitrogens with one attached hydrogen (secondary N) is 2. The molecule has 0 radical (unpaired) electrons. The molecule has 0 bridgehead atoms. The molecule has 1 aliphatic rings. The molecule has 198 valence electrons. The van der Waals surface area contributed by atoms with E-state index in [1.54, 1.807) is 18.3 Å². The van der Waals surface area contributed by atoms with Gasteiger partial charge in [-0.3, -0.25) is 9.78 Å². The quantitative estimate of drug-likeness (QED) is 0.241. The molecule has 1 saturated heterocycles. The van der Waals surface area contributed by atoms with Crippen molar-refractivity contribution in [1.82, 2.24) is 19.8 Å². The molecule has 0 spiro atoms. The van der Waals surface area contributed by atoms with E-state index in [4.69, 9.17) is 17.0 Å². The number of ether oxygens (including phenoxy) is 1. The minimum atomic E-state index is -0.420. The number of carbonyl (C=O) groups is 2. The van der Waals surface area contributed by atoms with Gasteiger partial charge in [0.05, 0.1) is 36.1 Å². The number of aryl methyl sites for hydroxylation is 1. The maximum Gasteiger partial charge on any atom is 0.339 e. The first-order valence-electron chi connectivity index (χ1n) is 12.7. The van der Waals surface area contributed by atoms with Crippen LogP contribution in [-0.4, -0.2) is 45.1 Å². The third-order valence-electron chi connectivity index (χ3n) is 6.85. The molecule has 0 unspecified atom stereocenters. The van der Waals surface area contributed by atoms with Crippen LogP contribution in [-0.2, 0) is 9.53 Å². The van der Waals surface area contributed by atoms with Gasteiger partial charge in [-0.15, -0.1) is 0 Å². The van der Waals surface area contributed by atoms with E-state index < -0.39 is 5.97 Å². The van der Waals surface area contributed by atoms with Crippen molar-refractivity contribution in [3.05, 3.63) is 114 Å². The molecule has 1 amide bonds. The number of pyridine rings is 1. The average molecular weight is 540 g/mol. The lowest BCUT2D eigenvalue weighted by Crippen LogP contribution is -2.33. The number of aromatic nitrogens is 2. The second-order valence-corrected chi connectivity index (χ2v) is 9.63. The first-order valence-corrected chi connectivity index (χ1v) is 13.1. The number of thiocarbonyl (C=S) groups is 1. The van der Waals surface area contributed by atoms with Crippen LogP contribution in [0.2, 0.25) is 0 Å². The van der Waals surface area contributed by atoms with Crippen LogP contribution >= 0.6 is 12.2 Å². The summed E-state index contributed by atoms with van der Waals surface area (Å²) in [7, 11) is 1.37. The second-order valence-electron chi connectivity index (χ2n) is 9.24. The highest BCUT2D eigenvalue weighted by Crippen LogP contribution is 2.40. The number of anilines is 1. The molecule has 5 rings (SSSR count). The topological polar surface area (TPSA) is 88.5 Å². The van der Waals surface area contributed by atoms with Crippen molar-refractivity contribution in [2.75, 3.05) is 19.0 Å². The molecule has 2 atom stereocenters. The normalized spacial score (nSPS) is 16.6. The summed E-state index contributed by atoms with van der Waals surface area (Å²) in [6.07, 6.45) is 3.90. The minimum absolute atomic E-state index is 0.0986. The van der Waals surface area contributed by atoms with E-state index in [1.165, 1.54) is 7.11 Å². The summed E-state index contributed by atoms with van der Waals surface area (Å²) < 4.78 is 7.02. The van der Waals surface area contributed by atoms with E-state index in [-0.39, 0.29) is 24.4 Å². The van der Waals surface area contributed by atoms with E-state index >= 15 is 0 Å². The van der Waals surface area contributed by atoms with Crippen molar-refractivity contribution in [3.63, 3.8) is 0 Å². The third-order valence-corrected chi connectivity index (χ3v) is 7.20.